The van der Waals surface area contributed by atoms with Gasteiger partial charge in [0, 0.05) is 38.2 Å². The molecule has 4 aromatic carbocycles. The molecule has 4 atom stereocenters. The third-order valence-electron chi connectivity index (χ3n) is 15.7. The molecule has 0 spiro atoms. The second-order valence-corrected chi connectivity index (χ2v) is 18.8. The fraction of sp³-hybridized carbons (Fsp3) is 0.305. The lowest BCUT2D eigenvalue weighted by Crippen LogP contribution is -2.36. The molecular formula is C59H61N3. The summed E-state index contributed by atoms with van der Waals surface area (Å²) < 4.78 is 4.89. The van der Waals surface area contributed by atoms with Gasteiger partial charge in [0.15, 0.2) is 0 Å². The zero-order valence-corrected chi connectivity index (χ0v) is 37.6. The third kappa shape index (κ3) is 5.80. The standard InChI is InChI=1S/C59H61N3/c1-7-56(29-15-11-16-30-56)46-37-41(5)38-47(57(8-2)31-17-12-18-32-57)53(46)61-51-44-27-23-25-43-26-24-28-45(50(43)44)52(51)62(55(61)60)54-48(58(9-3)33-19-13-20-34-58)39-42(6)40-49(54)59(10-4)35-21-14-22-36-59/h11-29,31,33,35,37-40,60H,7-10,30,32,34,36H2,1-6H3. The summed E-state index contributed by atoms with van der Waals surface area (Å²) in [5.74, 6) is 0. The minimum absolute atomic E-state index is 0.239. The fourth-order valence-electron chi connectivity index (χ4n) is 12.0. The van der Waals surface area contributed by atoms with Crippen molar-refractivity contribution in [1.29, 1.82) is 5.41 Å². The molecule has 5 aliphatic rings. The van der Waals surface area contributed by atoms with Gasteiger partial charge < -0.3 is 0 Å². The lowest BCUT2D eigenvalue weighted by molar-refractivity contribution is 0.492. The molecule has 0 fully saturated rings. The second-order valence-electron chi connectivity index (χ2n) is 18.8. The van der Waals surface area contributed by atoms with Crippen molar-refractivity contribution >= 4 is 10.8 Å². The van der Waals surface area contributed by atoms with E-state index in [0.717, 1.165) is 62.8 Å². The highest BCUT2D eigenvalue weighted by Gasteiger charge is 2.43. The zero-order valence-electron chi connectivity index (χ0n) is 37.6. The number of benzene rings is 4. The molecule has 3 nitrogen and oxygen atoms in total. The molecule has 312 valence electrons. The zero-order chi connectivity index (χ0) is 42.9. The number of rotatable bonds is 10. The van der Waals surface area contributed by atoms with Crippen LogP contribution in [0.1, 0.15) is 112 Å². The Morgan fingerprint density at radius 1 is 0.468 bits per heavy atom. The Morgan fingerprint density at radius 2 is 0.790 bits per heavy atom. The van der Waals surface area contributed by atoms with E-state index in [9.17, 15) is 5.41 Å². The minimum Gasteiger partial charge on any atom is -0.277 e. The van der Waals surface area contributed by atoms with Gasteiger partial charge in [0.2, 0.25) is 5.62 Å². The highest BCUT2D eigenvalue weighted by Crippen LogP contribution is 2.54. The number of nitrogens with one attached hydrogen (secondary N) is 1. The number of imidazole rings is 1. The average molecular weight is 812 g/mol. The van der Waals surface area contributed by atoms with Gasteiger partial charge >= 0.3 is 0 Å². The van der Waals surface area contributed by atoms with E-state index in [-0.39, 0.29) is 21.7 Å². The molecule has 5 aliphatic carbocycles. The fourth-order valence-corrected chi connectivity index (χ4v) is 12.0. The van der Waals surface area contributed by atoms with Gasteiger partial charge in [0.25, 0.3) is 0 Å². The lowest BCUT2D eigenvalue weighted by Gasteiger charge is -2.39. The number of aryl methyl sites for hydroxylation is 2. The van der Waals surface area contributed by atoms with Gasteiger partial charge in [-0.25, -0.2) is 0 Å². The molecular weight excluding hydrogens is 751 g/mol. The summed E-state index contributed by atoms with van der Waals surface area (Å²) in [4.78, 5) is 0. The SMILES string of the molecule is CCC1(c2cc(C)cc(C3(CC)C=CC=CC3)c2-n2c3c(n(-c4c(C5(CC)C=CC=CC5)cc(C)cc4C4(CC)C=CC=CC4)c2=N)-c2cccc4cccc-3c24)C=CC=CC1. The van der Waals surface area contributed by atoms with Crippen LogP contribution in [0.4, 0.5) is 0 Å². The first-order chi connectivity index (χ1) is 30.2. The normalized spacial score (nSPS) is 25.4. The van der Waals surface area contributed by atoms with Gasteiger partial charge in [-0.2, -0.15) is 0 Å². The van der Waals surface area contributed by atoms with Crippen molar-refractivity contribution in [3.8, 4) is 33.9 Å². The largest absolute Gasteiger partial charge is 0.277 e. The molecule has 0 amide bonds. The first-order valence-corrected chi connectivity index (χ1v) is 23.3. The predicted octanol–water partition coefficient (Wildman–Crippen LogP) is 14.8. The lowest BCUT2D eigenvalue weighted by atomic mass is 9.67. The number of nitrogens with zero attached hydrogens (tertiary/aromatic N) is 2. The van der Waals surface area contributed by atoms with Crippen LogP contribution in [0, 0.1) is 19.3 Å². The topological polar surface area (TPSA) is 33.7 Å². The monoisotopic (exact) mass is 811 g/mol. The first kappa shape index (κ1) is 40.2. The predicted molar refractivity (Wildman–Crippen MR) is 262 cm³/mol. The van der Waals surface area contributed by atoms with Crippen molar-refractivity contribution in [3.63, 3.8) is 0 Å². The van der Waals surface area contributed by atoms with E-state index < -0.39 is 0 Å². The van der Waals surface area contributed by atoms with E-state index in [0.29, 0.717) is 5.62 Å². The Bertz CT molecular complexity index is 2650. The minimum atomic E-state index is -0.239. The van der Waals surface area contributed by atoms with Gasteiger partial charge in [0.05, 0.1) is 22.8 Å². The Kier molecular flexibility index (Phi) is 9.82. The molecule has 5 aromatic rings. The molecule has 1 aromatic heterocycles. The van der Waals surface area contributed by atoms with E-state index >= 15 is 0 Å². The van der Waals surface area contributed by atoms with Crippen LogP contribution in [0.5, 0.6) is 0 Å². The number of aromatic nitrogens is 2. The van der Waals surface area contributed by atoms with Gasteiger partial charge in [-0.05, 0) is 92.9 Å². The average Bonchev–Trinajstić information content (AvgIpc) is 3.80. The summed E-state index contributed by atoms with van der Waals surface area (Å²) in [5.41, 5.74) is 14.4. The van der Waals surface area contributed by atoms with Crippen LogP contribution >= 0.6 is 0 Å². The molecule has 0 radical (unpaired) electrons. The molecule has 10 rings (SSSR count). The third-order valence-corrected chi connectivity index (χ3v) is 15.7. The van der Waals surface area contributed by atoms with E-state index in [4.69, 9.17) is 0 Å². The van der Waals surface area contributed by atoms with E-state index in [1.807, 2.05) is 0 Å². The Hall–Kier alpha value is -5.93. The van der Waals surface area contributed by atoms with Gasteiger partial charge in [-0.1, -0.05) is 197 Å². The summed E-state index contributed by atoms with van der Waals surface area (Å²) >= 11 is 0. The van der Waals surface area contributed by atoms with Crippen LogP contribution < -0.4 is 5.62 Å². The molecule has 4 unspecified atom stereocenters. The number of hydrogen-bond acceptors (Lipinski definition) is 1. The summed E-state index contributed by atoms with van der Waals surface area (Å²) in [5, 5.41) is 13.7. The highest BCUT2D eigenvalue weighted by atomic mass is 15.2. The Morgan fingerprint density at radius 3 is 1.06 bits per heavy atom. The van der Waals surface area contributed by atoms with Crippen molar-refractivity contribution in [2.75, 3.05) is 0 Å². The van der Waals surface area contributed by atoms with Crippen LogP contribution in [0.25, 0.3) is 44.7 Å². The molecule has 0 aliphatic heterocycles. The van der Waals surface area contributed by atoms with Crippen LogP contribution in [-0.4, -0.2) is 9.13 Å². The van der Waals surface area contributed by atoms with Crippen molar-refractivity contribution < 1.29 is 0 Å². The van der Waals surface area contributed by atoms with Crippen LogP contribution in [0.3, 0.4) is 0 Å². The van der Waals surface area contributed by atoms with Crippen LogP contribution in [0.2, 0.25) is 0 Å². The Balaban J connectivity index is 1.44. The van der Waals surface area contributed by atoms with Gasteiger partial charge in [0.1, 0.15) is 0 Å². The molecule has 0 saturated heterocycles. The van der Waals surface area contributed by atoms with E-state index in [2.05, 4.69) is 209 Å². The second kappa shape index (κ2) is 15.2. The molecule has 1 N–H and O–H groups in total. The quantitative estimate of drug-likeness (QED) is 0.143. The van der Waals surface area contributed by atoms with Crippen molar-refractivity contribution in [2.24, 2.45) is 0 Å². The maximum atomic E-state index is 11.2. The molecule has 3 heteroatoms. The first-order valence-electron chi connectivity index (χ1n) is 23.3. The molecule has 62 heavy (non-hydrogen) atoms. The van der Waals surface area contributed by atoms with Gasteiger partial charge in [-0.3, -0.25) is 14.5 Å². The summed E-state index contributed by atoms with van der Waals surface area (Å²) in [7, 11) is 0. The van der Waals surface area contributed by atoms with Crippen molar-refractivity contribution in [1.82, 2.24) is 9.13 Å². The molecule has 0 bridgehead atoms. The molecule has 0 saturated carbocycles. The molecule has 1 heterocycles. The van der Waals surface area contributed by atoms with E-state index in [1.165, 1.54) is 66.7 Å². The highest BCUT2D eigenvalue weighted by molar-refractivity contribution is 6.14. The Labute approximate surface area is 369 Å². The van der Waals surface area contributed by atoms with Crippen molar-refractivity contribution in [3.05, 3.63) is 197 Å². The maximum Gasteiger partial charge on any atom is 0.212 e. The number of allylic oxidation sites excluding steroid dienone is 16. The maximum absolute atomic E-state index is 11.2. The van der Waals surface area contributed by atoms with Gasteiger partial charge in [-0.15, -0.1) is 0 Å². The smallest absolute Gasteiger partial charge is 0.212 e. The van der Waals surface area contributed by atoms with Crippen LogP contribution in [0.15, 0.2) is 158 Å². The summed E-state index contributed by atoms with van der Waals surface area (Å²) in [6, 6.07) is 23.5. The number of hydrogen-bond donors (Lipinski definition) is 1. The van der Waals surface area contributed by atoms with Crippen LogP contribution in [-0.2, 0) is 21.7 Å². The summed E-state index contributed by atoms with van der Waals surface area (Å²) in [6.07, 6.45) is 44.6. The van der Waals surface area contributed by atoms with Crippen molar-refractivity contribution in [2.45, 2.75) is 115 Å². The number of fused-ring (bicyclic) bond motifs is 3. The van der Waals surface area contributed by atoms with E-state index in [1.54, 1.807) is 0 Å². The summed E-state index contributed by atoms with van der Waals surface area (Å²) in [6.45, 7) is 14.0.